The molecule has 1 N–H and O–H groups in total. The van der Waals surface area contributed by atoms with E-state index in [2.05, 4.69) is 49.2 Å². The van der Waals surface area contributed by atoms with Crippen molar-refractivity contribution in [1.82, 2.24) is 20.0 Å². The molecule has 0 radical (unpaired) electrons. The molecular formula is C16H30N4. The predicted octanol–water partition coefficient (Wildman–Crippen LogP) is 2.65. The first kappa shape index (κ1) is 15.5. The third-order valence-electron chi connectivity index (χ3n) is 4.63. The first-order valence-electron chi connectivity index (χ1n) is 8.10. The molecule has 1 aromatic heterocycles. The molecule has 4 nitrogen and oxygen atoms in total. The Morgan fingerprint density at radius 1 is 1.40 bits per heavy atom. The lowest BCUT2D eigenvalue weighted by molar-refractivity contribution is 0.0725. The van der Waals surface area contributed by atoms with Gasteiger partial charge in [-0.15, -0.1) is 0 Å². The second kappa shape index (κ2) is 6.72. The van der Waals surface area contributed by atoms with E-state index in [0.717, 1.165) is 26.2 Å². The Hall–Kier alpha value is -0.870. The molecule has 2 atom stereocenters. The van der Waals surface area contributed by atoms with E-state index in [1.165, 1.54) is 24.8 Å². The number of nitrogens with one attached hydrogen (secondary N) is 1. The highest BCUT2D eigenvalue weighted by Gasteiger charge is 2.34. The van der Waals surface area contributed by atoms with Crippen LogP contribution in [0.15, 0.2) is 12.4 Å². The standard InChI is InChI=1S/C16H30N4/c1-5-8-15-10-17-16(4,6-2)13-19(15)11-14-9-18-20(7-3)12-14/h9,12,15,17H,5-8,10-11,13H2,1-4H3. The topological polar surface area (TPSA) is 33.1 Å². The van der Waals surface area contributed by atoms with E-state index in [1.807, 2.05) is 10.9 Å². The maximum absolute atomic E-state index is 4.40. The van der Waals surface area contributed by atoms with Crippen LogP contribution in [0.5, 0.6) is 0 Å². The highest BCUT2D eigenvalue weighted by molar-refractivity contribution is 5.06. The van der Waals surface area contributed by atoms with Crippen LogP contribution in [0.2, 0.25) is 0 Å². The van der Waals surface area contributed by atoms with Gasteiger partial charge in [0.2, 0.25) is 0 Å². The molecule has 1 aliphatic heterocycles. The molecule has 1 aliphatic rings. The summed E-state index contributed by atoms with van der Waals surface area (Å²) in [6, 6.07) is 0.657. The molecule has 1 fully saturated rings. The van der Waals surface area contributed by atoms with Gasteiger partial charge in [-0.3, -0.25) is 9.58 Å². The van der Waals surface area contributed by atoms with Crippen molar-refractivity contribution < 1.29 is 0 Å². The monoisotopic (exact) mass is 278 g/mol. The van der Waals surface area contributed by atoms with Crippen molar-refractivity contribution in [3.63, 3.8) is 0 Å². The lowest BCUT2D eigenvalue weighted by atomic mass is 9.92. The highest BCUT2D eigenvalue weighted by atomic mass is 15.3. The summed E-state index contributed by atoms with van der Waals surface area (Å²) >= 11 is 0. The second-order valence-corrected chi connectivity index (χ2v) is 6.35. The van der Waals surface area contributed by atoms with E-state index in [9.17, 15) is 0 Å². The fourth-order valence-electron chi connectivity index (χ4n) is 3.06. The van der Waals surface area contributed by atoms with Gasteiger partial charge < -0.3 is 5.32 Å². The Bertz CT molecular complexity index is 414. The maximum atomic E-state index is 4.40. The molecule has 2 rings (SSSR count). The summed E-state index contributed by atoms with van der Waals surface area (Å²) in [7, 11) is 0. The van der Waals surface area contributed by atoms with Gasteiger partial charge in [-0.25, -0.2) is 0 Å². The van der Waals surface area contributed by atoms with Crippen LogP contribution < -0.4 is 5.32 Å². The summed E-state index contributed by atoms with van der Waals surface area (Å²) in [5.41, 5.74) is 1.60. The van der Waals surface area contributed by atoms with E-state index in [4.69, 9.17) is 0 Å². The highest BCUT2D eigenvalue weighted by Crippen LogP contribution is 2.23. The minimum absolute atomic E-state index is 0.255. The molecule has 0 aromatic carbocycles. The first-order valence-corrected chi connectivity index (χ1v) is 8.10. The van der Waals surface area contributed by atoms with Crippen LogP contribution in [0.3, 0.4) is 0 Å². The van der Waals surface area contributed by atoms with Crippen molar-refractivity contribution in [1.29, 1.82) is 0 Å². The van der Waals surface area contributed by atoms with Crippen LogP contribution in [0, 0.1) is 0 Å². The summed E-state index contributed by atoms with van der Waals surface area (Å²) in [4.78, 5) is 2.65. The van der Waals surface area contributed by atoms with E-state index < -0.39 is 0 Å². The van der Waals surface area contributed by atoms with Gasteiger partial charge in [0.05, 0.1) is 6.20 Å². The zero-order valence-electron chi connectivity index (χ0n) is 13.5. The third-order valence-corrected chi connectivity index (χ3v) is 4.63. The molecule has 20 heavy (non-hydrogen) atoms. The SMILES string of the molecule is CCCC1CNC(C)(CC)CN1Cc1cnn(CC)c1. The molecule has 2 heterocycles. The van der Waals surface area contributed by atoms with Gasteiger partial charge in [0.25, 0.3) is 0 Å². The quantitative estimate of drug-likeness (QED) is 0.868. The lowest BCUT2D eigenvalue weighted by Gasteiger charge is -2.46. The summed E-state index contributed by atoms with van der Waals surface area (Å²) in [6.45, 7) is 13.3. The van der Waals surface area contributed by atoms with Gasteiger partial charge in [0.15, 0.2) is 0 Å². The van der Waals surface area contributed by atoms with Crippen molar-refractivity contribution in [2.24, 2.45) is 0 Å². The number of rotatable bonds is 6. The van der Waals surface area contributed by atoms with Crippen molar-refractivity contribution in [3.8, 4) is 0 Å². The molecule has 1 saturated heterocycles. The normalized spacial score (nSPS) is 27.9. The van der Waals surface area contributed by atoms with Crippen LogP contribution in [-0.4, -0.2) is 39.4 Å². The fraction of sp³-hybridized carbons (Fsp3) is 0.812. The third kappa shape index (κ3) is 3.61. The maximum Gasteiger partial charge on any atom is 0.0534 e. The Balaban J connectivity index is 2.06. The van der Waals surface area contributed by atoms with Crippen LogP contribution in [0.25, 0.3) is 0 Å². The predicted molar refractivity (Wildman–Crippen MR) is 83.7 cm³/mol. The molecule has 114 valence electrons. The number of hydrogen-bond acceptors (Lipinski definition) is 3. The summed E-state index contributed by atoms with van der Waals surface area (Å²) < 4.78 is 2.02. The van der Waals surface area contributed by atoms with Gasteiger partial charge in [-0.1, -0.05) is 20.3 Å². The summed E-state index contributed by atoms with van der Waals surface area (Å²) in [6.07, 6.45) is 7.91. The molecule has 0 spiro atoms. The van der Waals surface area contributed by atoms with Crippen molar-refractivity contribution in [2.75, 3.05) is 13.1 Å². The zero-order chi connectivity index (χ0) is 14.6. The Kier molecular flexibility index (Phi) is 5.22. The largest absolute Gasteiger partial charge is 0.309 e. The molecular weight excluding hydrogens is 248 g/mol. The Morgan fingerprint density at radius 2 is 2.20 bits per heavy atom. The average molecular weight is 278 g/mol. The second-order valence-electron chi connectivity index (χ2n) is 6.35. The Morgan fingerprint density at radius 3 is 2.80 bits per heavy atom. The van der Waals surface area contributed by atoms with E-state index in [-0.39, 0.29) is 5.54 Å². The number of aryl methyl sites for hydroxylation is 1. The van der Waals surface area contributed by atoms with Crippen molar-refractivity contribution >= 4 is 0 Å². The summed E-state index contributed by atoms with van der Waals surface area (Å²) in [5, 5.41) is 8.15. The van der Waals surface area contributed by atoms with Crippen molar-refractivity contribution in [2.45, 2.75) is 71.6 Å². The number of hydrogen-bond donors (Lipinski definition) is 1. The van der Waals surface area contributed by atoms with Crippen LogP contribution in [-0.2, 0) is 13.1 Å². The lowest BCUT2D eigenvalue weighted by Crippen LogP contribution is -2.62. The van der Waals surface area contributed by atoms with Gasteiger partial charge >= 0.3 is 0 Å². The minimum Gasteiger partial charge on any atom is -0.309 e. The molecule has 0 amide bonds. The van der Waals surface area contributed by atoms with Gasteiger partial charge in [-0.2, -0.15) is 5.10 Å². The van der Waals surface area contributed by atoms with Gasteiger partial charge in [0.1, 0.15) is 0 Å². The fourth-order valence-corrected chi connectivity index (χ4v) is 3.06. The first-order chi connectivity index (χ1) is 9.60. The molecule has 0 bridgehead atoms. The van der Waals surface area contributed by atoms with Crippen LogP contribution in [0.1, 0.15) is 52.5 Å². The molecule has 4 heteroatoms. The van der Waals surface area contributed by atoms with E-state index in [0.29, 0.717) is 6.04 Å². The summed E-state index contributed by atoms with van der Waals surface area (Å²) in [5.74, 6) is 0. The van der Waals surface area contributed by atoms with Crippen molar-refractivity contribution in [3.05, 3.63) is 18.0 Å². The molecule has 0 saturated carbocycles. The Labute approximate surface area is 123 Å². The van der Waals surface area contributed by atoms with E-state index in [1.54, 1.807) is 0 Å². The van der Waals surface area contributed by atoms with E-state index >= 15 is 0 Å². The van der Waals surface area contributed by atoms with Gasteiger partial charge in [-0.05, 0) is 26.7 Å². The molecule has 1 aromatic rings. The van der Waals surface area contributed by atoms with Crippen LogP contribution >= 0.6 is 0 Å². The van der Waals surface area contributed by atoms with Crippen LogP contribution in [0.4, 0.5) is 0 Å². The average Bonchev–Trinajstić information content (AvgIpc) is 2.90. The smallest absolute Gasteiger partial charge is 0.0534 e. The minimum atomic E-state index is 0.255. The number of aromatic nitrogens is 2. The van der Waals surface area contributed by atoms with Gasteiger partial charge in [0, 0.05) is 49.5 Å². The molecule has 0 aliphatic carbocycles. The number of nitrogens with zero attached hydrogens (tertiary/aromatic N) is 3. The number of piperazine rings is 1. The zero-order valence-corrected chi connectivity index (χ0v) is 13.5. The molecule has 2 unspecified atom stereocenters.